The number of rotatable bonds is 19. The average molecular weight is 530 g/mol. The second-order valence-corrected chi connectivity index (χ2v) is 10.6. The molecule has 0 amide bonds. The van der Waals surface area contributed by atoms with Crippen molar-refractivity contribution in [2.45, 2.75) is 98.8 Å². The molecule has 0 heterocycles. The molecule has 33 heavy (non-hydrogen) atoms. The Morgan fingerprint density at radius 1 is 0.545 bits per heavy atom. The summed E-state index contributed by atoms with van der Waals surface area (Å²) in [7, 11) is 4.06. The Morgan fingerprint density at radius 2 is 0.818 bits per heavy atom. The molecule has 0 fully saturated rings. The molecule has 3 N–H and O–H groups in total. The van der Waals surface area contributed by atoms with Gasteiger partial charge >= 0.3 is 38.6 Å². The van der Waals surface area contributed by atoms with Gasteiger partial charge in [-0.15, -0.1) is 0 Å². The van der Waals surface area contributed by atoms with E-state index in [9.17, 15) is 0 Å². The molecule has 0 aliphatic carbocycles. The molecule has 10 heteroatoms. The van der Waals surface area contributed by atoms with Gasteiger partial charge in [-0.05, 0) is 40.5 Å². The van der Waals surface area contributed by atoms with Crippen molar-refractivity contribution in [3.63, 3.8) is 0 Å². The molecule has 0 aromatic carbocycles. The Morgan fingerprint density at radius 3 is 1.06 bits per heavy atom. The fourth-order valence-corrected chi connectivity index (χ4v) is 4.94. The van der Waals surface area contributed by atoms with Gasteiger partial charge in [0, 0.05) is 26.4 Å². The van der Waals surface area contributed by atoms with Crippen molar-refractivity contribution >= 4 is 9.05 Å². The minimum Gasteiger partial charge on any atom is -1.00 e. The zero-order valence-corrected chi connectivity index (χ0v) is 27.3. The summed E-state index contributed by atoms with van der Waals surface area (Å²) in [5, 5.41) is 0. The zero-order valence-electron chi connectivity index (χ0n) is 23.5. The summed E-state index contributed by atoms with van der Waals surface area (Å²) in [6.45, 7) is 13.4. The Kier molecular flexibility index (Phi) is 47.8. The molecular formula is C23H57ClNNaO6Si. The number of hydrogen-bond donors (Lipinski definition) is 0. The molecule has 0 unspecified atom stereocenters. The number of unbranched alkanes of at least 4 members (excludes halogenated alkanes) is 9. The smallest absolute Gasteiger partial charge is 1.00 e. The molecule has 0 rings (SSSR count). The van der Waals surface area contributed by atoms with Gasteiger partial charge in [-0.1, -0.05) is 58.3 Å². The fraction of sp³-hybridized carbons (Fsp3) is 1.00. The first-order valence-corrected chi connectivity index (χ1v) is 13.8. The molecule has 0 aliphatic rings. The molecule has 0 atom stereocenters. The molecule has 0 aromatic heterocycles. The third kappa shape index (κ3) is 35.5. The molecule has 0 saturated carbocycles. The number of quaternary nitrogens is 1. The molecular weight excluding hydrogens is 473 g/mol. The second kappa shape index (κ2) is 33.2. The molecule has 0 aliphatic heterocycles. The van der Waals surface area contributed by atoms with Crippen molar-refractivity contribution in [3.8, 4) is 0 Å². The third-order valence-electron chi connectivity index (χ3n) is 4.47. The maximum atomic E-state index is 5.42. The third-order valence-corrected chi connectivity index (χ3v) is 7.04. The van der Waals surface area contributed by atoms with Crippen LogP contribution in [0.3, 0.4) is 0 Å². The molecule has 0 radical (unpaired) electrons. The summed E-state index contributed by atoms with van der Waals surface area (Å²) in [6, 6.07) is 0. The second-order valence-electron chi connectivity index (χ2n) is 8.43. The van der Waals surface area contributed by atoms with Crippen molar-refractivity contribution in [1.82, 2.24) is 0 Å². The van der Waals surface area contributed by atoms with Crippen LogP contribution in [0.25, 0.3) is 0 Å². The van der Waals surface area contributed by atoms with E-state index in [2.05, 4.69) is 28.1 Å². The quantitative estimate of drug-likeness (QED) is 0.124. The van der Waals surface area contributed by atoms with E-state index >= 15 is 0 Å². The topological polar surface area (TPSA) is 98.4 Å². The summed E-state index contributed by atoms with van der Waals surface area (Å²) < 4.78 is 22.8. The predicted molar refractivity (Wildman–Crippen MR) is 133 cm³/mol. The number of hydrogen-bond acceptors (Lipinski definition) is 5. The number of halogens is 1. The Hall–Kier alpha value is 1.23. The normalized spacial score (nSPS) is 10.5. The van der Waals surface area contributed by atoms with Gasteiger partial charge in [-0.25, -0.2) is 0 Å². The van der Waals surface area contributed by atoms with Crippen molar-refractivity contribution in [3.05, 3.63) is 0 Å². The summed E-state index contributed by atoms with van der Waals surface area (Å²) >= 11 is 0. The van der Waals surface area contributed by atoms with Gasteiger partial charge in [-0.2, -0.15) is 0 Å². The molecule has 0 bridgehead atoms. The molecule has 0 spiro atoms. The van der Waals surface area contributed by atoms with Crippen molar-refractivity contribution < 1.29 is 75.1 Å². The van der Waals surface area contributed by atoms with E-state index in [1.807, 2.05) is 27.7 Å². The minimum atomic E-state index is -2.80. The van der Waals surface area contributed by atoms with E-state index in [1.54, 1.807) is 0 Å². The van der Waals surface area contributed by atoms with E-state index in [-0.39, 0.29) is 52.9 Å². The molecule has 7 nitrogen and oxygen atoms in total. The Labute approximate surface area is 236 Å². The van der Waals surface area contributed by atoms with Crippen LogP contribution in [0.15, 0.2) is 0 Å². The van der Waals surface area contributed by atoms with Gasteiger partial charge in [-0.3, -0.25) is 0 Å². The minimum absolute atomic E-state index is 0. The first-order chi connectivity index (χ1) is 13.8. The summed E-state index contributed by atoms with van der Waals surface area (Å²) in [4.78, 5) is 0. The monoisotopic (exact) mass is 529 g/mol. The Bertz CT molecular complexity index is 313. The van der Waals surface area contributed by atoms with E-state index in [0.717, 1.165) is 4.48 Å². The van der Waals surface area contributed by atoms with Gasteiger partial charge in [0.2, 0.25) is 0 Å². The van der Waals surface area contributed by atoms with E-state index in [1.165, 1.54) is 70.8 Å². The maximum absolute atomic E-state index is 5.42. The van der Waals surface area contributed by atoms with Crippen molar-refractivity contribution in [2.75, 3.05) is 54.1 Å². The van der Waals surface area contributed by atoms with Crippen LogP contribution < -0.4 is 42.0 Å². The first kappa shape index (κ1) is 47.4. The van der Waals surface area contributed by atoms with Crippen LogP contribution in [0, 0.1) is 0 Å². The van der Waals surface area contributed by atoms with Gasteiger partial charge in [0.25, 0.3) is 0 Å². The van der Waals surface area contributed by atoms with E-state index in [0.29, 0.717) is 26.4 Å². The van der Waals surface area contributed by atoms with Gasteiger partial charge in [0.05, 0.1) is 27.7 Å². The van der Waals surface area contributed by atoms with Gasteiger partial charge in [0.15, 0.2) is 0 Å². The van der Waals surface area contributed by atoms with Crippen molar-refractivity contribution in [1.29, 1.82) is 0 Å². The van der Waals surface area contributed by atoms with Gasteiger partial charge in [0.1, 0.15) is 0 Å². The molecule has 202 valence electrons. The van der Waals surface area contributed by atoms with Crippen LogP contribution in [0.4, 0.5) is 0 Å². The summed E-state index contributed by atoms with van der Waals surface area (Å²) in [5.74, 6) is 0. The van der Waals surface area contributed by atoms with Crippen LogP contribution in [0.1, 0.15) is 98.8 Å². The average Bonchev–Trinajstić information content (AvgIpc) is 2.64. The van der Waals surface area contributed by atoms with Gasteiger partial charge < -0.3 is 45.5 Å². The standard InChI is InChI=1S/C15H34N.C8H20O4Si.ClH.Na.2H2O/c1-5-6-7-8-9-10-11-12-13-14-15-16(2,3)4;1-5-9-13(10-6-2,11-7-3)12-8-4;;;;/h5-15H2,1-4H3;5-8H2,1-4H3;1H;;2*1H2/q+1;;;+1;;/p-2. The Balaban J connectivity index is -0.000000100. The summed E-state index contributed by atoms with van der Waals surface area (Å²) in [6.07, 6.45) is 14.4. The molecule has 0 aromatic rings. The largest absolute Gasteiger partial charge is 1.00 e. The van der Waals surface area contributed by atoms with Crippen LogP contribution >= 0.6 is 0 Å². The van der Waals surface area contributed by atoms with Crippen LogP contribution in [0.2, 0.25) is 0 Å². The van der Waals surface area contributed by atoms with E-state index in [4.69, 9.17) is 17.7 Å². The number of nitrogens with zero attached hydrogens (tertiary/aromatic N) is 1. The predicted octanol–water partition coefficient (Wildman–Crippen LogP) is -0.812. The first-order valence-electron chi connectivity index (χ1n) is 12.2. The summed E-state index contributed by atoms with van der Waals surface area (Å²) in [5.41, 5.74) is 0. The van der Waals surface area contributed by atoms with Crippen molar-refractivity contribution in [2.24, 2.45) is 0 Å². The van der Waals surface area contributed by atoms with Crippen LogP contribution in [-0.2, 0) is 17.7 Å². The molecule has 0 saturated heterocycles. The SMILES string of the molecule is CCCCCCCCCCCC[N+](C)(C)C.CCO[Si](OCC)(OCC)OCC.O.[Cl-].[Na+].[OH-]. The van der Waals surface area contributed by atoms with E-state index < -0.39 is 9.05 Å². The maximum Gasteiger partial charge on any atom is 1.00 e. The zero-order chi connectivity index (χ0) is 22.4. The fourth-order valence-electron chi connectivity index (χ4n) is 3.03. The van der Waals surface area contributed by atoms with Crippen LogP contribution in [0.5, 0.6) is 0 Å². The van der Waals surface area contributed by atoms with Crippen LogP contribution in [-0.4, -0.2) is 78.6 Å².